The van der Waals surface area contributed by atoms with Crippen LogP contribution in [-0.4, -0.2) is 25.2 Å². The predicted molar refractivity (Wildman–Crippen MR) is 78.5 cm³/mol. The number of hydrogen-bond acceptors (Lipinski definition) is 2. The Kier molecular flexibility index (Phi) is 5.16. The Hall–Kier alpha value is -1.61. The Labute approximate surface area is 118 Å². The predicted octanol–water partition coefficient (Wildman–Crippen LogP) is 3.26. The van der Waals surface area contributed by atoms with Crippen molar-refractivity contribution in [3.05, 3.63) is 59.6 Å². The van der Waals surface area contributed by atoms with Gasteiger partial charge in [0.25, 0.3) is 0 Å². The van der Waals surface area contributed by atoms with Crippen LogP contribution in [0.5, 0.6) is 5.64 Å². The summed E-state index contributed by atoms with van der Waals surface area (Å²) in [6.07, 6.45) is 0.812. The molecule has 2 aromatic rings. The Balaban J connectivity index is 2.04. The number of hydrogen-bond donors (Lipinski definition) is 0. The number of rotatable bonds is 6. The van der Waals surface area contributed by atoms with E-state index in [-0.39, 0.29) is 5.78 Å². The van der Waals surface area contributed by atoms with Crippen molar-refractivity contribution in [3.63, 3.8) is 0 Å². The van der Waals surface area contributed by atoms with Gasteiger partial charge in [0.05, 0.1) is 0 Å². The van der Waals surface area contributed by atoms with E-state index in [9.17, 15) is 4.79 Å². The molecular weight excluding hydrogens is 258 g/mol. The Bertz CT molecular complexity index is 526. The average molecular weight is 273 g/mol. The summed E-state index contributed by atoms with van der Waals surface area (Å²) in [5, 5.41) is 0. The zero-order valence-electron chi connectivity index (χ0n) is 10.5. The maximum absolute atomic E-state index is 12.2. The van der Waals surface area contributed by atoms with Crippen molar-refractivity contribution in [1.29, 1.82) is 0 Å². The van der Waals surface area contributed by atoms with Crippen molar-refractivity contribution in [1.82, 2.24) is 0 Å². The second-order valence-electron chi connectivity index (χ2n) is 4.11. The number of ether oxygens (including phenoxy) is 1. The van der Waals surface area contributed by atoms with E-state index in [4.69, 9.17) is 16.3 Å². The molecule has 1 aromatic heterocycles. The van der Waals surface area contributed by atoms with Gasteiger partial charge in [-0.2, -0.15) is 0 Å². The van der Waals surface area contributed by atoms with Gasteiger partial charge in [-0.1, -0.05) is 0 Å². The second kappa shape index (κ2) is 7.10. The van der Waals surface area contributed by atoms with E-state index in [1.165, 1.54) is 0 Å². The molecule has 0 radical (unpaired) electrons. The standard InChI is InChI=1S/C15H14BClO2/c17-9-4-10-19-14-8-7-13(11-16-14)15(18)12-5-2-1-3-6-12/h1-3,5-8,11H,4,9-10H2. The van der Waals surface area contributed by atoms with E-state index in [1.54, 1.807) is 12.0 Å². The normalized spacial score (nSPS) is 9.95. The van der Waals surface area contributed by atoms with Crippen LogP contribution in [0.15, 0.2) is 48.4 Å². The molecule has 0 aliphatic rings. The first-order valence-corrected chi connectivity index (χ1v) is 6.73. The van der Waals surface area contributed by atoms with Crippen LogP contribution < -0.4 is 4.74 Å². The zero-order valence-corrected chi connectivity index (χ0v) is 11.3. The molecule has 0 unspecified atom stereocenters. The van der Waals surface area contributed by atoms with Crippen molar-refractivity contribution in [2.45, 2.75) is 6.42 Å². The molecule has 0 N–H and O–H groups in total. The van der Waals surface area contributed by atoms with Crippen molar-refractivity contribution in [2.75, 3.05) is 12.5 Å². The molecule has 19 heavy (non-hydrogen) atoms. The molecule has 96 valence electrons. The molecule has 1 heterocycles. The summed E-state index contributed by atoms with van der Waals surface area (Å²) >= 11 is 5.58. The molecule has 0 fully saturated rings. The van der Waals surface area contributed by atoms with E-state index in [0.717, 1.165) is 12.1 Å². The fourth-order valence-electron chi connectivity index (χ4n) is 1.70. The molecule has 1 aromatic carbocycles. The van der Waals surface area contributed by atoms with Crippen molar-refractivity contribution in [2.24, 2.45) is 0 Å². The molecule has 0 saturated carbocycles. The van der Waals surface area contributed by atoms with E-state index in [2.05, 4.69) is 0 Å². The van der Waals surface area contributed by atoms with Gasteiger partial charge in [-0.05, 0) is 0 Å². The van der Waals surface area contributed by atoms with Gasteiger partial charge in [-0.25, -0.2) is 0 Å². The minimum atomic E-state index is 0.0212. The molecule has 0 bridgehead atoms. The van der Waals surface area contributed by atoms with Gasteiger partial charge in [-0.3, -0.25) is 0 Å². The van der Waals surface area contributed by atoms with Crippen LogP contribution >= 0.6 is 11.6 Å². The number of carbonyl (C=O) groups excluding carboxylic acids is 1. The average Bonchev–Trinajstić information content (AvgIpc) is 2.48. The van der Waals surface area contributed by atoms with Crippen molar-refractivity contribution in [3.8, 4) is 5.64 Å². The topological polar surface area (TPSA) is 26.3 Å². The van der Waals surface area contributed by atoms with Crippen LogP contribution in [0.25, 0.3) is 0 Å². The van der Waals surface area contributed by atoms with Gasteiger partial charge in [0.15, 0.2) is 0 Å². The molecule has 0 aliphatic heterocycles. The van der Waals surface area contributed by atoms with Crippen LogP contribution in [-0.2, 0) is 0 Å². The van der Waals surface area contributed by atoms with Crippen LogP contribution in [0.1, 0.15) is 22.3 Å². The second-order valence-corrected chi connectivity index (χ2v) is 4.49. The summed E-state index contributed by atoms with van der Waals surface area (Å²) in [6.45, 7) is 2.40. The summed E-state index contributed by atoms with van der Waals surface area (Å²) in [6, 6.07) is 12.8. The van der Waals surface area contributed by atoms with E-state index in [1.807, 2.05) is 43.3 Å². The van der Waals surface area contributed by atoms with Crippen molar-refractivity contribution < 1.29 is 9.53 Å². The third-order valence-corrected chi connectivity index (χ3v) is 2.97. The van der Waals surface area contributed by atoms with E-state index < -0.39 is 0 Å². The number of ketones is 1. The summed E-state index contributed by atoms with van der Waals surface area (Å²) in [4.78, 5) is 12.2. The van der Waals surface area contributed by atoms with Crippen LogP contribution in [0.2, 0.25) is 0 Å². The van der Waals surface area contributed by atoms with E-state index >= 15 is 0 Å². The fourth-order valence-corrected chi connectivity index (χ4v) is 1.81. The SMILES string of the molecule is O=C(c1cbc(OCCCCl)cc1)c1ccccc1. The van der Waals surface area contributed by atoms with Crippen molar-refractivity contribution >= 4 is 24.3 Å². The molecule has 0 amide bonds. The molecule has 2 rings (SSSR count). The minimum absolute atomic E-state index is 0.0212. The molecular formula is C15H14BClO2. The number of alkyl halides is 1. The maximum atomic E-state index is 12.2. The third-order valence-electron chi connectivity index (χ3n) is 2.70. The summed E-state index contributed by atoms with van der Waals surface area (Å²) in [5.41, 5.74) is 2.11. The van der Waals surface area contributed by atoms with Crippen LogP contribution in [0.4, 0.5) is 0 Å². The number of carbonyl (C=O) groups is 1. The van der Waals surface area contributed by atoms with Crippen LogP contribution in [0.3, 0.4) is 0 Å². The first-order chi connectivity index (χ1) is 9.31. The zero-order chi connectivity index (χ0) is 13.5. The molecule has 0 saturated heterocycles. The van der Waals surface area contributed by atoms with Gasteiger partial charge < -0.3 is 0 Å². The summed E-state index contributed by atoms with van der Waals surface area (Å²) in [5.74, 6) is 2.39. The summed E-state index contributed by atoms with van der Waals surface area (Å²) in [7, 11) is 0. The van der Waals surface area contributed by atoms with Gasteiger partial charge >= 0.3 is 118 Å². The first kappa shape index (κ1) is 13.8. The molecule has 4 heteroatoms. The molecule has 0 spiro atoms. The van der Waals surface area contributed by atoms with Gasteiger partial charge in [0.1, 0.15) is 0 Å². The Morgan fingerprint density at radius 3 is 2.53 bits per heavy atom. The van der Waals surface area contributed by atoms with E-state index in [0.29, 0.717) is 23.6 Å². The number of benzene rings is 1. The molecule has 0 aliphatic carbocycles. The molecule has 2 nitrogen and oxygen atoms in total. The Morgan fingerprint density at radius 1 is 1.11 bits per heavy atom. The van der Waals surface area contributed by atoms with Gasteiger partial charge in [0, 0.05) is 0 Å². The Morgan fingerprint density at radius 2 is 1.89 bits per heavy atom. The number of halogens is 1. The fraction of sp³-hybridized carbons (Fsp3) is 0.200. The van der Waals surface area contributed by atoms with Crippen LogP contribution in [0, 0.1) is 0 Å². The molecule has 0 atom stereocenters. The quantitative estimate of drug-likeness (QED) is 0.458. The van der Waals surface area contributed by atoms with Gasteiger partial charge in [-0.15, -0.1) is 0 Å². The monoisotopic (exact) mass is 272 g/mol. The first-order valence-electron chi connectivity index (χ1n) is 6.20. The van der Waals surface area contributed by atoms with Gasteiger partial charge in [0.2, 0.25) is 0 Å². The third kappa shape index (κ3) is 3.93. The summed E-state index contributed by atoms with van der Waals surface area (Å²) < 4.78 is 5.49.